The average molecular weight is 375 g/mol. The van der Waals surface area contributed by atoms with Gasteiger partial charge in [0.05, 0.1) is 6.26 Å². The minimum Gasteiger partial charge on any atom is -0.459 e. The van der Waals surface area contributed by atoms with E-state index in [9.17, 15) is 9.59 Å². The van der Waals surface area contributed by atoms with E-state index < -0.39 is 0 Å². The first-order valence-electron chi connectivity index (χ1n) is 8.76. The van der Waals surface area contributed by atoms with Gasteiger partial charge in [-0.2, -0.15) is 0 Å². The highest BCUT2D eigenvalue weighted by atomic mass is 16.3. The average Bonchev–Trinajstić information content (AvgIpc) is 3.38. The second-order valence-corrected chi connectivity index (χ2v) is 6.10. The van der Waals surface area contributed by atoms with Crippen LogP contribution in [0.1, 0.15) is 17.0 Å². The van der Waals surface area contributed by atoms with Gasteiger partial charge in [0, 0.05) is 24.2 Å². The van der Waals surface area contributed by atoms with Crippen LogP contribution in [0.25, 0.3) is 22.6 Å². The topological polar surface area (TPSA) is 97.4 Å². The van der Waals surface area contributed by atoms with Crippen LogP contribution in [0.5, 0.6) is 0 Å². The van der Waals surface area contributed by atoms with Crippen molar-refractivity contribution < 1.29 is 18.4 Å². The van der Waals surface area contributed by atoms with E-state index in [0.717, 1.165) is 16.7 Å². The zero-order chi connectivity index (χ0) is 19.3. The lowest BCUT2D eigenvalue weighted by Gasteiger charge is -2.06. The summed E-state index contributed by atoms with van der Waals surface area (Å²) in [5.41, 5.74) is 3.00. The molecule has 0 saturated heterocycles. The second kappa shape index (κ2) is 7.79. The third-order valence-corrected chi connectivity index (χ3v) is 4.09. The quantitative estimate of drug-likeness (QED) is 0.533. The number of hydrogen-bond donors (Lipinski definition) is 2. The third kappa shape index (κ3) is 3.93. The highest BCUT2D eigenvalue weighted by Crippen LogP contribution is 2.25. The van der Waals surface area contributed by atoms with Gasteiger partial charge in [-0.15, -0.1) is 0 Å². The smallest absolute Gasteiger partial charge is 0.286 e. The highest BCUT2D eigenvalue weighted by molar-refractivity contribution is 5.93. The number of hydrogen-bond acceptors (Lipinski definition) is 5. The number of aromatic nitrogens is 1. The molecule has 2 amide bonds. The van der Waals surface area contributed by atoms with Crippen molar-refractivity contribution in [3.63, 3.8) is 0 Å². The SMILES string of the molecule is O=C(CCNC(=O)c1ccco1)Nc1ccc(-c2nc3ccccc3o2)cc1. The Morgan fingerprint density at radius 1 is 0.964 bits per heavy atom. The van der Waals surface area contributed by atoms with Crippen LogP contribution >= 0.6 is 0 Å². The van der Waals surface area contributed by atoms with Gasteiger partial charge in [-0.3, -0.25) is 9.59 Å². The Morgan fingerprint density at radius 2 is 1.79 bits per heavy atom. The number of fused-ring (bicyclic) bond motifs is 1. The van der Waals surface area contributed by atoms with Crippen LogP contribution in [0.2, 0.25) is 0 Å². The van der Waals surface area contributed by atoms with Crippen molar-refractivity contribution in [3.05, 3.63) is 72.7 Å². The number of nitrogens with one attached hydrogen (secondary N) is 2. The molecule has 2 aromatic heterocycles. The molecule has 4 aromatic rings. The molecule has 0 aliphatic carbocycles. The summed E-state index contributed by atoms with van der Waals surface area (Å²) in [4.78, 5) is 28.2. The molecule has 0 aliphatic heterocycles. The van der Waals surface area contributed by atoms with Crippen molar-refractivity contribution in [2.75, 3.05) is 11.9 Å². The van der Waals surface area contributed by atoms with Gasteiger partial charge in [0.25, 0.3) is 5.91 Å². The number of oxazole rings is 1. The van der Waals surface area contributed by atoms with Gasteiger partial charge < -0.3 is 19.5 Å². The first-order valence-corrected chi connectivity index (χ1v) is 8.76. The molecular formula is C21H17N3O4. The predicted molar refractivity (Wildman–Crippen MR) is 104 cm³/mol. The van der Waals surface area contributed by atoms with E-state index in [1.54, 1.807) is 24.3 Å². The summed E-state index contributed by atoms with van der Waals surface area (Å²) in [5, 5.41) is 5.42. The number of carbonyl (C=O) groups excluding carboxylic acids is 2. The molecule has 7 nitrogen and oxygen atoms in total. The molecule has 0 radical (unpaired) electrons. The minimum atomic E-state index is -0.347. The zero-order valence-electron chi connectivity index (χ0n) is 14.8. The molecular weight excluding hydrogens is 358 g/mol. The Morgan fingerprint density at radius 3 is 2.54 bits per heavy atom. The first kappa shape index (κ1) is 17.5. The summed E-state index contributed by atoms with van der Waals surface area (Å²) in [6, 6.07) is 18.0. The number of rotatable bonds is 6. The second-order valence-electron chi connectivity index (χ2n) is 6.10. The molecule has 0 spiro atoms. The van der Waals surface area contributed by atoms with Gasteiger partial charge in [0.15, 0.2) is 11.3 Å². The lowest BCUT2D eigenvalue weighted by Crippen LogP contribution is -2.27. The van der Waals surface area contributed by atoms with Crippen molar-refractivity contribution in [1.82, 2.24) is 10.3 Å². The maximum atomic E-state index is 12.0. The summed E-state index contributed by atoms with van der Waals surface area (Å²) in [5.74, 6) is 0.199. The van der Waals surface area contributed by atoms with Crippen molar-refractivity contribution in [3.8, 4) is 11.5 Å². The lowest BCUT2D eigenvalue weighted by atomic mass is 10.2. The van der Waals surface area contributed by atoms with Gasteiger partial charge in [-0.25, -0.2) is 4.98 Å². The summed E-state index contributed by atoms with van der Waals surface area (Å²) >= 11 is 0. The standard InChI is InChI=1S/C21H17N3O4/c25-19(11-12-22-20(26)18-6-3-13-27-18)23-15-9-7-14(8-10-15)21-24-16-4-1-2-5-17(16)28-21/h1-10,13H,11-12H2,(H,22,26)(H,23,25). The van der Waals surface area contributed by atoms with Gasteiger partial charge in [0.2, 0.25) is 11.8 Å². The van der Waals surface area contributed by atoms with Gasteiger partial charge in [0.1, 0.15) is 5.52 Å². The van der Waals surface area contributed by atoms with Crippen LogP contribution in [0.3, 0.4) is 0 Å². The summed E-state index contributed by atoms with van der Waals surface area (Å²) in [7, 11) is 0. The van der Waals surface area contributed by atoms with Crippen molar-refractivity contribution in [1.29, 1.82) is 0 Å². The monoisotopic (exact) mass is 375 g/mol. The first-order chi connectivity index (χ1) is 13.7. The lowest BCUT2D eigenvalue weighted by molar-refractivity contribution is -0.116. The van der Waals surface area contributed by atoms with Crippen molar-refractivity contribution in [2.24, 2.45) is 0 Å². The highest BCUT2D eigenvalue weighted by Gasteiger charge is 2.10. The maximum Gasteiger partial charge on any atom is 0.286 e. The molecule has 28 heavy (non-hydrogen) atoms. The van der Waals surface area contributed by atoms with Crippen molar-refractivity contribution in [2.45, 2.75) is 6.42 Å². The molecule has 0 saturated carbocycles. The molecule has 0 aliphatic rings. The van der Waals surface area contributed by atoms with E-state index in [1.165, 1.54) is 6.26 Å². The van der Waals surface area contributed by atoms with Crippen LogP contribution in [-0.2, 0) is 4.79 Å². The van der Waals surface area contributed by atoms with E-state index in [4.69, 9.17) is 8.83 Å². The van der Waals surface area contributed by atoms with E-state index in [-0.39, 0.29) is 30.5 Å². The number of benzene rings is 2. The van der Waals surface area contributed by atoms with Crippen molar-refractivity contribution >= 4 is 28.6 Å². The van der Waals surface area contributed by atoms with E-state index in [1.807, 2.05) is 36.4 Å². The molecule has 2 aromatic carbocycles. The Kier molecular flexibility index (Phi) is 4.88. The van der Waals surface area contributed by atoms with Crippen LogP contribution < -0.4 is 10.6 Å². The van der Waals surface area contributed by atoms with Crippen LogP contribution in [0, 0.1) is 0 Å². The predicted octanol–water partition coefficient (Wildman–Crippen LogP) is 3.85. The maximum absolute atomic E-state index is 12.0. The van der Waals surface area contributed by atoms with E-state index >= 15 is 0 Å². The molecule has 0 bridgehead atoms. The van der Waals surface area contributed by atoms with Gasteiger partial charge in [-0.1, -0.05) is 12.1 Å². The van der Waals surface area contributed by atoms with Crippen LogP contribution in [0.15, 0.2) is 75.8 Å². The molecule has 0 fully saturated rings. The summed E-state index contributed by atoms with van der Waals surface area (Å²) < 4.78 is 10.7. The number of para-hydroxylation sites is 2. The third-order valence-electron chi connectivity index (χ3n) is 4.09. The molecule has 7 heteroatoms. The summed E-state index contributed by atoms with van der Waals surface area (Å²) in [6.07, 6.45) is 1.57. The number of amides is 2. The van der Waals surface area contributed by atoms with Crippen LogP contribution in [-0.4, -0.2) is 23.3 Å². The molecule has 2 N–H and O–H groups in total. The fourth-order valence-corrected chi connectivity index (χ4v) is 2.70. The number of nitrogens with zero attached hydrogens (tertiary/aromatic N) is 1. The Labute approximate surface area is 160 Å². The van der Waals surface area contributed by atoms with E-state index in [2.05, 4.69) is 15.6 Å². The fraction of sp³-hybridized carbons (Fsp3) is 0.0952. The molecule has 0 unspecified atom stereocenters. The van der Waals surface area contributed by atoms with Gasteiger partial charge >= 0.3 is 0 Å². The number of carbonyl (C=O) groups is 2. The molecule has 0 atom stereocenters. The largest absolute Gasteiger partial charge is 0.459 e. The minimum absolute atomic E-state index is 0.152. The van der Waals surface area contributed by atoms with E-state index in [0.29, 0.717) is 11.6 Å². The Balaban J connectivity index is 1.31. The molecule has 2 heterocycles. The fourth-order valence-electron chi connectivity index (χ4n) is 2.70. The molecule has 140 valence electrons. The number of anilines is 1. The molecule has 4 rings (SSSR count). The zero-order valence-corrected chi connectivity index (χ0v) is 14.8. The Bertz CT molecular complexity index is 1070. The summed E-state index contributed by atoms with van der Waals surface area (Å²) in [6.45, 7) is 0.215. The normalized spacial score (nSPS) is 10.7. The van der Waals surface area contributed by atoms with Crippen LogP contribution in [0.4, 0.5) is 5.69 Å². The number of furan rings is 1. The van der Waals surface area contributed by atoms with Gasteiger partial charge in [-0.05, 0) is 48.5 Å². The Hall–Kier alpha value is -3.87.